The highest BCUT2D eigenvalue weighted by molar-refractivity contribution is 5.39. The molecule has 0 atom stereocenters. The van der Waals surface area contributed by atoms with E-state index in [0.717, 1.165) is 18.0 Å². The summed E-state index contributed by atoms with van der Waals surface area (Å²) in [6, 6.07) is 7.87. The number of hydrogen-bond donors (Lipinski definition) is 1. The van der Waals surface area contributed by atoms with Crippen LogP contribution in [0, 0.1) is 0 Å². The quantitative estimate of drug-likeness (QED) is 0.769. The molecule has 0 saturated heterocycles. The van der Waals surface area contributed by atoms with Crippen LogP contribution in [0.25, 0.3) is 0 Å². The van der Waals surface area contributed by atoms with E-state index in [1.807, 2.05) is 31.2 Å². The van der Waals surface area contributed by atoms with Crippen LogP contribution in [0.1, 0.15) is 46.0 Å². The van der Waals surface area contributed by atoms with Crippen molar-refractivity contribution in [2.75, 3.05) is 19.8 Å². The van der Waals surface area contributed by atoms with Crippen molar-refractivity contribution in [3.63, 3.8) is 0 Å². The first-order valence-electron chi connectivity index (χ1n) is 7.83. The summed E-state index contributed by atoms with van der Waals surface area (Å²) in [7, 11) is 0. The minimum Gasteiger partial charge on any atom is -0.490 e. The van der Waals surface area contributed by atoms with E-state index in [2.05, 4.69) is 12.2 Å². The van der Waals surface area contributed by atoms with Gasteiger partial charge >= 0.3 is 0 Å². The molecular formula is C17H27NO2. The van der Waals surface area contributed by atoms with Gasteiger partial charge in [-0.2, -0.15) is 0 Å². The van der Waals surface area contributed by atoms with Crippen molar-refractivity contribution in [1.82, 2.24) is 5.32 Å². The summed E-state index contributed by atoms with van der Waals surface area (Å²) in [5, 5.41) is 3.65. The van der Waals surface area contributed by atoms with Gasteiger partial charge in [-0.05, 0) is 38.8 Å². The third-order valence-electron chi connectivity index (χ3n) is 4.02. The molecule has 3 nitrogen and oxygen atoms in total. The molecule has 1 N–H and O–H groups in total. The zero-order valence-corrected chi connectivity index (χ0v) is 12.8. The van der Waals surface area contributed by atoms with Crippen molar-refractivity contribution < 1.29 is 9.47 Å². The third-order valence-corrected chi connectivity index (χ3v) is 4.02. The summed E-state index contributed by atoms with van der Waals surface area (Å²) in [6.07, 6.45) is 6.63. The molecule has 3 heteroatoms. The van der Waals surface area contributed by atoms with Crippen molar-refractivity contribution in [1.29, 1.82) is 0 Å². The fourth-order valence-electron chi connectivity index (χ4n) is 2.87. The Morgan fingerprint density at radius 2 is 1.70 bits per heavy atom. The lowest BCUT2D eigenvalue weighted by Gasteiger charge is -2.34. The Labute approximate surface area is 122 Å². The molecule has 1 saturated carbocycles. The molecule has 1 aromatic carbocycles. The minimum atomic E-state index is 0.307. The lowest BCUT2D eigenvalue weighted by Crippen LogP contribution is -2.45. The molecule has 0 heterocycles. The van der Waals surface area contributed by atoms with Gasteiger partial charge in [0.1, 0.15) is 6.61 Å². The summed E-state index contributed by atoms with van der Waals surface area (Å²) < 4.78 is 11.4. The second-order valence-corrected chi connectivity index (χ2v) is 5.78. The third kappa shape index (κ3) is 4.41. The highest BCUT2D eigenvalue weighted by atomic mass is 16.5. The molecule has 0 unspecified atom stereocenters. The standard InChI is InChI=1S/C17H27NO2/c1-3-19-15-9-5-6-10-16(15)20-14-13-18-17(2)11-7-4-8-12-17/h5-6,9-10,18H,3-4,7-8,11-14H2,1-2H3. The van der Waals surface area contributed by atoms with Crippen molar-refractivity contribution in [2.45, 2.75) is 51.5 Å². The average molecular weight is 277 g/mol. The van der Waals surface area contributed by atoms with E-state index in [-0.39, 0.29) is 0 Å². The number of hydrogen-bond acceptors (Lipinski definition) is 3. The van der Waals surface area contributed by atoms with Crippen molar-refractivity contribution in [2.24, 2.45) is 0 Å². The first-order valence-corrected chi connectivity index (χ1v) is 7.83. The predicted molar refractivity (Wildman–Crippen MR) is 82.6 cm³/mol. The largest absolute Gasteiger partial charge is 0.490 e. The molecule has 1 aromatic rings. The molecule has 0 aromatic heterocycles. The van der Waals surface area contributed by atoms with Crippen LogP contribution in [0.15, 0.2) is 24.3 Å². The summed E-state index contributed by atoms with van der Waals surface area (Å²) >= 11 is 0. The SMILES string of the molecule is CCOc1ccccc1OCCNC1(C)CCCCC1. The molecule has 0 radical (unpaired) electrons. The van der Waals surface area contributed by atoms with Crippen LogP contribution in [0.5, 0.6) is 11.5 Å². The number of nitrogens with one attached hydrogen (secondary N) is 1. The van der Waals surface area contributed by atoms with Crippen LogP contribution in [0.4, 0.5) is 0 Å². The Hall–Kier alpha value is -1.22. The molecule has 0 spiro atoms. The summed E-state index contributed by atoms with van der Waals surface area (Å²) in [4.78, 5) is 0. The van der Waals surface area contributed by atoms with Crippen LogP contribution in [-0.2, 0) is 0 Å². The molecule has 0 bridgehead atoms. The molecule has 0 amide bonds. The second-order valence-electron chi connectivity index (χ2n) is 5.78. The van der Waals surface area contributed by atoms with Gasteiger partial charge in [-0.25, -0.2) is 0 Å². The van der Waals surface area contributed by atoms with Crippen LogP contribution in [0.3, 0.4) is 0 Å². The van der Waals surface area contributed by atoms with Crippen LogP contribution < -0.4 is 14.8 Å². The molecule has 20 heavy (non-hydrogen) atoms. The monoisotopic (exact) mass is 277 g/mol. The maximum absolute atomic E-state index is 5.84. The maximum atomic E-state index is 5.84. The highest BCUT2D eigenvalue weighted by Crippen LogP contribution is 2.28. The second kappa shape index (κ2) is 7.53. The zero-order chi connectivity index (χ0) is 14.3. The molecule has 0 aliphatic heterocycles. The van der Waals surface area contributed by atoms with Crippen molar-refractivity contribution in [3.8, 4) is 11.5 Å². The fourth-order valence-corrected chi connectivity index (χ4v) is 2.87. The van der Waals surface area contributed by atoms with Gasteiger partial charge in [0.2, 0.25) is 0 Å². The number of para-hydroxylation sites is 2. The minimum absolute atomic E-state index is 0.307. The van der Waals surface area contributed by atoms with E-state index < -0.39 is 0 Å². The van der Waals surface area contributed by atoms with Crippen LogP contribution >= 0.6 is 0 Å². The van der Waals surface area contributed by atoms with Gasteiger partial charge in [0.15, 0.2) is 11.5 Å². The van der Waals surface area contributed by atoms with Crippen LogP contribution in [0.2, 0.25) is 0 Å². The fraction of sp³-hybridized carbons (Fsp3) is 0.647. The summed E-state index contributed by atoms with van der Waals surface area (Å²) in [5.41, 5.74) is 0.307. The van der Waals surface area contributed by atoms with Crippen LogP contribution in [-0.4, -0.2) is 25.3 Å². The van der Waals surface area contributed by atoms with Gasteiger partial charge in [-0.15, -0.1) is 0 Å². The predicted octanol–water partition coefficient (Wildman–Crippen LogP) is 3.78. The van der Waals surface area contributed by atoms with Gasteiger partial charge in [0.05, 0.1) is 6.61 Å². The summed E-state index contributed by atoms with van der Waals surface area (Å²) in [5.74, 6) is 1.67. The molecular weight excluding hydrogens is 250 g/mol. The molecule has 1 aliphatic rings. The number of rotatable bonds is 7. The Kier molecular flexibility index (Phi) is 5.72. The van der Waals surface area contributed by atoms with Gasteiger partial charge in [-0.1, -0.05) is 31.4 Å². The van der Waals surface area contributed by atoms with Crippen molar-refractivity contribution in [3.05, 3.63) is 24.3 Å². The molecule has 1 fully saturated rings. The van der Waals surface area contributed by atoms with Gasteiger partial charge in [-0.3, -0.25) is 0 Å². The number of ether oxygens (including phenoxy) is 2. The zero-order valence-electron chi connectivity index (χ0n) is 12.8. The van der Waals surface area contributed by atoms with Gasteiger partial charge in [0.25, 0.3) is 0 Å². The average Bonchev–Trinajstić information content (AvgIpc) is 2.46. The highest BCUT2D eigenvalue weighted by Gasteiger charge is 2.25. The topological polar surface area (TPSA) is 30.5 Å². The van der Waals surface area contributed by atoms with E-state index in [4.69, 9.17) is 9.47 Å². The van der Waals surface area contributed by atoms with Crippen molar-refractivity contribution >= 4 is 0 Å². The Balaban J connectivity index is 1.75. The Morgan fingerprint density at radius 3 is 2.35 bits per heavy atom. The van der Waals surface area contributed by atoms with E-state index >= 15 is 0 Å². The van der Waals surface area contributed by atoms with Gasteiger partial charge < -0.3 is 14.8 Å². The van der Waals surface area contributed by atoms with Gasteiger partial charge in [0, 0.05) is 12.1 Å². The lowest BCUT2D eigenvalue weighted by molar-refractivity contribution is 0.222. The van der Waals surface area contributed by atoms with E-state index in [9.17, 15) is 0 Å². The molecule has 112 valence electrons. The smallest absolute Gasteiger partial charge is 0.161 e. The Morgan fingerprint density at radius 1 is 1.05 bits per heavy atom. The normalized spacial score (nSPS) is 17.7. The maximum Gasteiger partial charge on any atom is 0.161 e. The first kappa shape index (κ1) is 15.2. The first-order chi connectivity index (χ1) is 9.73. The van der Waals surface area contributed by atoms with E-state index in [1.165, 1.54) is 32.1 Å². The van der Waals surface area contributed by atoms with E-state index in [1.54, 1.807) is 0 Å². The molecule has 2 rings (SSSR count). The lowest BCUT2D eigenvalue weighted by atomic mass is 9.83. The summed E-state index contributed by atoms with van der Waals surface area (Å²) in [6.45, 7) is 6.55. The number of benzene rings is 1. The Bertz CT molecular complexity index is 400. The molecule has 1 aliphatic carbocycles. The van der Waals surface area contributed by atoms with E-state index in [0.29, 0.717) is 18.8 Å².